The number of hydrogen-bond donors (Lipinski definition) is 2. The van der Waals surface area contributed by atoms with E-state index in [2.05, 4.69) is 9.97 Å². The van der Waals surface area contributed by atoms with Crippen molar-refractivity contribution in [2.24, 2.45) is 0 Å². The van der Waals surface area contributed by atoms with Crippen molar-refractivity contribution in [1.82, 2.24) is 19.2 Å². The predicted octanol–water partition coefficient (Wildman–Crippen LogP) is 0.904. The van der Waals surface area contributed by atoms with Crippen LogP contribution in [0.3, 0.4) is 0 Å². The van der Waals surface area contributed by atoms with E-state index in [1.54, 1.807) is 30.0 Å². The Hall–Kier alpha value is -2.85. The van der Waals surface area contributed by atoms with Gasteiger partial charge in [-0.05, 0) is 36.8 Å². The van der Waals surface area contributed by atoms with Crippen LogP contribution in [0.2, 0.25) is 0 Å². The molecule has 1 fully saturated rings. The Morgan fingerprint density at radius 2 is 1.78 bits per heavy atom. The lowest BCUT2D eigenvalue weighted by molar-refractivity contribution is 0.0666. The Bertz CT molecular complexity index is 1150. The molecule has 2 aromatic heterocycles. The van der Waals surface area contributed by atoms with Gasteiger partial charge in [0.25, 0.3) is 5.91 Å². The van der Waals surface area contributed by atoms with E-state index in [-0.39, 0.29) is 48.4 Å². The van der Waals surface area contributed by atoms with Crippen molar-refractivity contribution in [1.29, 1.82) is 0 Å². The Balaban J connectivity index is 1.56. The van der Waals surface area contributed by atoms with Gasteiger partial charge in [-0.25, -0.2) is 13.2 Å². The van der Waals surface area contributed by atoms with Gasteiger partial charge in [-0.15, -0.1) is 0 Å². The fourth-order valence-corrected chi connectivity index (χ4v) is 4.93. The highest BCUT2D eigenvalue weighted by Crippen LogP contribution is 2.25. The Morgan fingerprint density at radius 3 is 2.41 bits per heavy atom. The van der Waals surface area contributed by atoms with Gasteiger partial charge in [0.2, 0.25) is 10.0 Å². The second-order valence-electron chi connectivity index (χ2n) is 6.42. The molecule has 0 aliphatic carbocycles. The van der Waals surface area contributed by atoms with Crippen LogP contribution in [0, 0.1) is 6.92 Å². The van der Waals surface area contributed by atoms with E-state index in [4.69, 9.17) is 4.42 Å². The second-order valence-corrected chi connectivity index (χ2v) is 8.32. The Labute approximate surface area is 154 Å². The van der Waals surface area contributed by atoms with Gasteiger partial charge in [-0.2, -0.15) is 4.31 Å². The molecule has 0 spiro atoms. The number of nitrogens with one attached hydrogen (secondary N) is 2. The van der Waals surface area contributed by atoms with Gasteiger partial charge in [-0.3, -0.25) is 4.79 Å². The fourth-order valence-electron chi connectivity index (χ4n) is 3.28. The van der Waals surface area contributed by atoms with E-state index in [0.29, 0.717) is 16.6 Å². The third-order valence-electron chi connectivity index (χ3n) is 4.69. The highest BCUT2D eigenvalue weighted by atomic mass is 32.2. The molecule has 0 atom stereocenters. The highest BCUT2D eigenvalue weighted by molar-refractivity contribution is 7.89. The Morgan fingerprint density at radius 1 is 1.11 bits per heavy atom. The minimum absolute atomic E-state index is 0.149. The zero-order chi connectivity index (χ0) is 19.2. The number of imidazole rings is 1. The molecule has 0 unspecified atom stereocenters. The number of fused-ring (bicyclic) bond motifs is 1. The number of nitrogens with zero attached hydrogens (tertiary/aromatic N) is 2. The lowest BCUT2D eigenvalue weighted by Gasteiger charge is -2.33. The summed E-state index contributed by atoms with van der Waals surface area (Å²) in [6.07, 6.45) is 1.43. The number of hydrogen-bond acceptors (Lipinski definition) is 5. The minimum atomic E-state index is -3.74. The van der Waals surface area contributed by atoms with Crippen LogP contribution in [0.4, 0.5) is 0 Å². The number of H-pyrrole nitrogens is 2. The number of sulfonamides is 1. The summed E-state index contributed by atoms with van der Waals surface area (Å²) in [5.41, 5.74) is 1.16. The number of aromatic nitrogens is 2. The molecule has 27 heavy (non-hydrogen) atoms. The smallest absolute Gasteiger partial charge is 0.323 e. The number of furan rings is 1. The van der Waals surface area contributed by atoms with Gasteiger partial charge in [0.1, 0.15) is 0 Å². The maximum Gasteiger partial charge on any atom is 0.323 e. The van der Waals surface area contributed by atoms with Gasteiger partial charge >= 0.3 is 5.69 Å². The molecule has 9 nitrogen and oxygen atoms in total. The van der Waals surface area contributed by atoms with Gasteiger partial charge in [0.15, 0.2) is 5.76 Å². The van der Waals surface area contributed by atoms with Crippen molar-refractivity contribution in [3.63, 3.8) is 0 Å². The van der Waals surface area contributed by atoms with E-state index < -0.39 is 10.0 Å². The third-order valence-corrected chi connectivity index (χ3v) is 6.73. The van der Waals surface area contributed by atoms with E-state index in [0.717, 1.165) is 0 Å². The first-order valence-corrected chi connectivity index (χ1v) is 9.86. The highest BCUT2D eigenvalue weighted by Gasteiger charge is 2.32. The zero-order valence-electron chi connectivity index (χ0n) is 14.6. The minimum Gasteiger partial charge on any atom is -0.459 e. The lowest BCUT2D eigenvalue weighted by atomic mass is 10.2. The maximum atomic E-state index is 13.1. The first kappa shape index (κ1) is 17.6. The molecular formula is C17H18N4O5S. The normalized spacial score (nSPS) is 16.1. The van der Waals surface area contributed by atoms with Crippen LogP contribution >= 0.6 is 0 Å². The second kappa shape index (κ2) is 6.39. The van der Waals surface area contributed by atoms with E-state index in [1.807, 2.05) is 0 Å². The van der Waals surface area contributed by atoms with Crippen molar-refractivity contribution in [2.45, 2.75) is 11.8 Å². The zero-order valence-corrected chi connectivity index (χ0v) is 15.4. The van der Waals surface area contributed by atoms with Crippen molar-refractivity contribution in [3.05, 3.63) is 52.3 Å². The summed E-state index contributed by atoms with van der Waals surface area (Å²) in [7, 11) is -3.74. The van der Waals surface area contributed by atoms with Crippen LogP contribution < -0.4 is 5.69 Å². The number of amides is 1. The molecule has 1 saturated heterocycles. The van der Waals surface area contributed by atoms with Crippen molar-refractivity contribution >= 4 is 27.0 Å². The van der Waals surface area contributed by atoms with Crippen LogP contribution in [-0.2, 0) is 10.0 Å². The topological polar surface area (TPSA) is 119 Å². The van der Waals surface area contributed by atoms with Gasteiger partial charge < -0.3 is 19.3 Å². The number of carbonyl (C=O) groups is 1. The largest absolute Gasteiger partial charge is 0.459 e. The fraction of sp³-hybridized carbons (Fsp3) is 0.294. The standard InChI is InChI=1S/C17H18N4O5S/c1-11-9-12-13(19-17(23)18-12)10-15(11)27(24,25)21-6-4-20(5-7-21)16(22)14-3-2-8-26-14/h2-3,8-10H,4-7H2,1H3,(H2,18,19,23). The van der Waals surface area contributed by atoms with Crippen molar-refractivity contribution in [2.75, 3.05) is 26.2 Å². The number of piperazine rings is 1. The monoisotopic (exact) mass is 390 g/mol. The number of carbonyl (C=O) groups excluding carboxylic acids is 1. The quantitative estimate of drug-likeness (QED) is 0.689. The molecule has 0 bridgehead atoms. The molecule has 10 heteroatoms. The van der Waals surface area contributed by atoms with Crippen molar-refractivity contribution in [3.8, 4) is 0 Å². The summed E-state index contributed by atoms with van der Waals surface area (Å²) >= 11 is 0. The van der Waals surface area contributed by atoms with Crippen LogP contribution in [0.25, 0.3) is 11.0 Å². The van der Waals surface area contributed by atoms with Gasteiger partial charge in [0.05, 0.1) is 22.2 Å². The summed E-state index contributed by atoms with van der Waals surface area (Å²) < 4.78 is 32.6. The summed E-state index contributed by atoms with van der Waals surface area (Å²) in [5, 5.41) is 0. The molecule has 4 rings (SSSR count). The number of aryl methyl sites for hydroxylation is 1. The molecule has 0 radical (unpaired) electrons. The molecule has 1 aliphatic heterocycles. The maximum absolute atomic E-state index is 13.1. The van der Waals surface area contributed by atoms with E-state index >= 15 is 0 Å². The molecular weight excluding hydrogens is 372 g/mol. The lowest BCUT2D eigenvalue weighted by Crippen LogP contribution is -2.50. The molecule has 2 N–H and O–H groups in total. The summed E-state index contributed by atoms with van der Waals surface area (Å²) in [6, 6.07) is 6.33. The molecule has 3 heterocycles. The van der Waals surface area contributed by atoms with E-state index in [1.165, 1.54) is 16.6 Å². The van der Waals surface area contributed by atoms with Crippen molar-refractivity contribution < 1.29 is 17.6 Å². The average Bonchev–Trinajstić information content (AvgIpc) is 3.29. The molecule has 3 aromatic rings. The van der Waals surface area contributed by atoms with Crippen LogP contribution in [-0.4, -0.2) is 59.7 Å². The first-order chi connectivity index (χ1) is 12.9. The Kier molecular flexibility index (Phi) is 4.16. The van der Waals surface area contributed by atoms with Gasteiger partial charge in [0, 0.05) is 26.2 Å². The van der Waals surface area contributed by atoms with Gasteiger partial charge in [-0.1, -0.05) is 0 Å². The summed E-state index contributed by atoms with van der Waals surface area (Å²) in [5.74, 6) is -0.0106. The molecule has 0 saturated carbocycles. The average molecular weight is 390 g/mol. The third kappa shape index (κ3) is 3.06. The first-order valence-electron chi connectivity index (χ1n) is 8.42. The van der Waals surface area contributed by atoms with Crippen LogP contribution in [0.5, 0.6) is 0 Å². The summed E-state index contributed by atoms with van der Waals surface area (Å²) in [6.45, 7) is 2.63. The molecule has 1 aliphatic rings. The number of benzene rings is 1. The van der Waals surface area contributed by atoms with Crippen LogP contribution in [0.1, 0.15) is 16.1 Å². The molecule has 142 valence electrons. The predicted molar refractivity (Wildman–Crippen MR) is 97.0 cm³/mol. The molecule has 1 aromatic carbocycles. The number of aromatic amines is 2. The van der Waals surface area contributed by atoms with E-state index in [9.17, 15) is 18.0 Å². The molecule has 1 amide bonds. The summed E-state index contributed by atoms with van der Waals surface area (Å²) in [4.78, 5) is 30.7. The number of rotatable bonds is 3. The van der Waals surface area contributed by atoms with Crippen LogP contribution in [0.15, 0.2) is 44.6 Å². The SMILES string of the molecule is Cc1cc2[nH]c(=O)[nH]c2cc1S(=O)(=O)N1CCN(C(=O)c2ccco2)CC1.